The second-order valence-corrected chi connectivity index (χ2v) is 6.71. The van der Waals surface area contributed by atoms with Crippen molar-refractivity contribution in [2.75, 3.05) is 19.6 Å². The van der Waals surface area contributed by atoms with Crippen LogP contribution < -0.4 is 10.6 Å². The number of nitrogens with one attached hydrogen (secondary N) is 2. The molecule has 5 nitrogen and oxygen atoms in total. The van der Waals surface area contributed by atoms with Crippen molar-refractivity contribution < 1.29 is 9.59 Å². The van der Waals surface area contributed by atoms with Crippen molar-refractivity contribution in [3.8, 4) is 0 Å². The molecule has 0 radical (unpaired) electrons. The third-order valence-corrected chi connectivity index (χ3v) is 5.11. The molecule has 1 aromatic rings. The number of aryl methyl sites for hydroxylation is 1. The zero-order chi connectivity index (χ0) is 16.4. The van der Waals surface area contributed by atoms with E-state index in [1.54, 1.807) is 6.92 Å². The van der Waals surface area contributed by atoms with Gasteiger partial charge in [-0.15, -0.1) is 0 Å². The summed E-state index contributed by atoms with van der Waals surface area (Å²) >= 11 is 0. The molecule has 1 aromatic carbocycles. The van der Waals surface area contributed by atoms with Crippen LogP contribution >= 0.6 is 0 Å². The van der Waals surface area contributed by atoms with Gasteiger partial charge in [-0.3, -0.25) is 9.69 Å². The first-order chi connectivity index (χ1) is 11.0. The normalized spacial score (nSPS) is 25.7. The Kier molecular flexibility index (Phi) is 4.39. The Hall–Kier alpha value is -1.88. The van der Waals surface area contributed by atoms with Crippen molar-refractivity contribution in [1.82, 2.24) is 15.5 Å². The number of hydrogen-bond acceptors (Lipinski definition) is 3. The Bertz CT molecular complexity index is 593. The summed E-state index contributed by atoms with van der Waals surface area (Å²) in [5.41, 5.74) is 1.12. The van der Waals surface area contributed by atoms with Crippen molar-refractivity contribution in [2.45, 2.75) is 38.6 Å². The van der Waals surface area contributed by atoms with Gasteiger partial charge in [-0.2, -0.15) is 0 Å². The Labute approximate surface area is 137 Å². The molecule has 124 valence electrons. The molecule has 1 unspecified atom stereocenters. The highest BCUT2D eigenvalue weighted by Gasteiger charge is 2.49. The fourth-order valence-electron chi connectivity index (χ4n) is 3.45. The van der Waals surface area contributed by atoms with Gasteiger partial charge >= 0.3 is 6.03 Å². The molecule has 5 heteroatoms. The summed E-state index contributed by atoms with van der Waals surface area (Å²) in [4.78, 5) is 26.6. The van der Waals surface area contributed by atoms with Gasteiger partial charge in [-0.05, 0) is 56.3 Å². The van der Waals surface area contributed by atoms with E-state index in [1.807, 2.05) is 24.3 Å². The molecule has 2 fully saturated rings. The van der Waals surface area contributed by atoms with Crippen LogP contribution in [0.1, 0.15) is 37.8 Å². The average molecular weight is 315 g/mol. The molecule has 2 aliphatic rings. The number of urea groups is 1. The van der Waals surface area contributed by atoms with Crippen molar-refractivity contribution in [1.29, 1.82) is 0 Å². The van der Waals surface area contributed by atoms with E-state index in [-0.39, 0.29) is 11.9 Å². The lowest BCUT2D eigenvalue weighted by Crippen LogP contribution is -2.42. The maximum Gasteiger partial charge on any atom is 0.325 e. The molecule has 0 saturated carbocycles. The lowest BCUT2D eigenvalue weighted by atomic mass is 9.90. The molecule has 0 aromatic heterocycles. The number of rotatable bonds is 4. The average Bonchev–Trinajstić information content (AvgIpc) is 2.80. The number of piperidine rings is 1. The second kappa shape index (κ2) is 6.32. The molecule has 2 heterocycles. The molecule has 0 aliphatic carbocycles. The number of carbonyl (C=O) groups excluding carboxylic acids is 2. The van der Waals surface area contributed by atoms with Crippen LogP contribution in [0.4, 0.5) is 4.79 Å². The summed E-state index contributed by atoms with van der Waals surface area (Å²) in [6.07, 6.45) is 2.98. The van der Waals surface area contributed by atoms with Crippen LogP contribution in [0.2, 0.25) is 0 Å². The standard InChI is InChI=1S/C18H25N3O2/c1-3-13-4-6-15(7-5-13)18(2)16(22)21(17(23)20-18)12-14-8-10-19-11-9-14/h4-7,14,19H,3,8-12H2,1-2H3,(H,20,23). The zero-order valence-electron chi connectivity index (χ0n) is 13.9. The number of imide groups is 1. The van der Waals surface area contributed by atoms with Gasteiger partial charge in [0.1, 0.15) is 5.54 Å². The lowest BCUT2D eigenvalue weighted by molar-refractivity contribution is -0.131. The third-order valence-electron chi connectivity index (χ3n) is 5.11. The Balaban J connectivity index is 1.78. The van der Waals surface area contributed by atoms with Gasteiger partial charge in [0.2, 0.25) is 0 Å². The van der Waals surface area contributed by atoms with Crippen LogP contribution in [-0.2, 0) is 16.8 Å². The maximum atomic E-state index is 12.9. The fourth-order valence-corrected chi connectivity index (χ4v) is 3.45. The topological polar surface area (TPSA) is 61.4 Å². The highest BCUT2D eigenvalue weighted by atomic mass is 16.2. The van der Waals surface area contributed by atoms with E-state index in [1.165, 1.54) is 10.5 Å². The monoisotopic (exact) mass is 315 g/mol. The molecule has 3 amide bonds. The van der Waals surface area contributed by atoms with Crippen LogP contribution in [0.5, 0.6) is 0 Å². The van der Waals surface area contributed by atoms with Crippen molar-refractivity contribution in [3.63, 3.8) is 0 Å². The lowest BCUT2D eigenvalue weighted by Gasteiger charge is -2.27. The van der Waals surface area contributed by atoms with Gasteiger partial charge in [-0.25, -0.2) is 4.79 Å². The molecular formula is C18H25N3O2. The first-order valence-corrected chi connectivity index (χ1v) is 8.49. The van der Waals surface area contributed by atoms with E-state index in [0.717, 1.165) is 37.9 Å². The summed E-state index contributed by atoms with van der Waals surface area (Å²) in [5, 5.41) is 6.21. The maximum absolute atomic E-state index is 12.9. The smallest absolute Gasteiger partial charge is 0.319 e. The molecule has 2 N–H and O–H groups in total. The van der Waals surface area contributed by atoms with Crippen molar-refractivity contribution in [3.05, 3.63) is 35.4 Å². The Morgan fingerprint density at radius 1 is 1.17 bits per heavy atom. The SMILES string of the molecule is CCc1ccc(C2(C)NC(=O)N(CC3CCNCC3)C2=O)cc1. The second-order valence-electron chi connectivity index (χ2n) is 6.71. The number of hydrogen-bond donors (Lipinski definition) is 2. The van der Waals surface area contributed by atoms with Gasteiger partial charge in [0, 0.05) is 6.54 Å². The summed E-state index contributed by atoms with van der Waals surface area (Å²) in [6, 6.07) is 7.68. The number of benzene rings is 1. The Morgan fingerprint density at radius 3 is 2.43 bits per heavy atom. The van der Waals surface area contributed by atoms with Crippen LogP contribution in [0.15, 0.2) is 24.3 Å². The molecule has 23 heavy (non-hydrogen) atoms. The minimum atomic E-state index is -0.948. The molecule has 2 saturated heterocycles. The van der Waals surface area contributed by atoms with E-state index in [9.17, 15) is 9.59 Å². The summed E-state index contributed by atoms with van der Waals surface area (Å²) < 4.78 is 0. The predicted octanol–water partition coefficient (Wildman–Crippen LogP) is 2.02. The summed E-state index contributed by atoms with van der Waals surface area (Å²) in [5.74, 6) is 0.265. The van der Waals surface area contributed by atoms with Crippen LogP contribution in [0.3, 0.4) is 0 Å². The summed E-state index contributed by atoms with van der Waals surface area (Å²) in [6.45, 7) is 6.35. The quantitative estimate of drug-likeness (QED) is 0.836. The molecule has 3 rings (SSSR count). The highest BCUT2D eigenvalue weighted by Crippen LogP contribution is 2.30. The minimum absolute atomic E-state index is 0.134. The molecule has 0 bridgehead atoms. The number of carbonyl (C=O) groups is 2. The van der Waals surface area contributed by atoms with Gasteiger partial charge in [0.15, 0.2) is 0 Å². The zero-order valence-corrected chi connectivity index (χ0v) is 13.9. The van der Waals surface area contributed by atoms with Crippen molar-refractivity contribution >= 4 is 11.9 Å². The van der Waals surface area contributed by atoms with Crippen LogP contribution in [0.25, 0.3) is 0 Å². The third kappa shape index (κ3) is 2.98. The Morgan fingerprint density at radius 2 is 1.83 bits per heavy atom. The number of nitrogens with zero attached hydrogens (tertiary/aromatic N) is 1. The molecule has 0 spiro atoms. The minimum Gasteiger partial charge on any atom is -0.319 e. The largest absolute Gasteiger partial charge is 0.325 e. The molecule has 2 aliphatic heterocycles. The van der Waals surface area contributed by atoms with Gasteiger partial charge in [0.25, 0.3) is 5.91 Å². The summed E-state index contributed by atoms with van der Waals surface area (Å²) in [7, 11) is 0. The first kappa shape index (κ1) is 16.0. The van der Waals surface area contributed by atoms with Crippen LogP contribution in [0, 0.1) is 5.92 Å². The fraction of sp³-hybridized carbons (Fsp3) is 0.556. The highest BCUT2D eigenvalue weighted by molar-refractivity contribution is 6.07. The molecular weight excluding hydrogens is 290 g/mol. The molecule has 1 atom stereocenters. The van der Waals surface area contributed by atoms with E-state index in [0.29, 0.717) is 12.5 Å². The van der Waals surface area contributed by atoms with E-state index in [4.69, 9.17) is 0 Å². The van der Waals surface area contributed by atoms with E-state index >= 15 is 0 Å². The van der Waals surface area contributed by atoms with Crippen LogP contribution in [-0.4, -0.2) is 36.5 Å². The predicted molar refractivity (Wildman–Crippen MR) is 89.0 cm³/mol. The van der Waals surface area contributed by atoms with Gasteiger partial charge < -0.3 is 10.6 Å². The van der Waals surface area contributed by atoms with E-state index in [2.05, 4.69) is 17.6 Å². The van der Waals surface area contributed by atoms with E-state index < -0.39 is 5.54 Å². The van der Waals surface area contributed by atoms with Crippen molar-refractivity contribution in [2.24, 2.45) is 5.92 Å². The first-order valence-electron chi connectivity index (χ1n) is 8.49. The number of amides is 3. The van der Waals surface area contributed by atoms with Gasteiger partial charge in [0.05, 0.1) is 0 Å². The van der Waals surface area contributed by atoms with Gasteiger partial charge in [-0.1, -0.05) is 31.2 Å².